The van der Waals surface area contributed by atoms with Crippen LogP contribution >= 0.6 is 0 Å². The molecular formula is C27H30F2N6O3. The van der Waals surface area contributed by atoms with Crippen LogP contribution in [0.3, 0.4) is 0 Å². The van der Waals surface area contributed by atoms with E-state index in [0.29, 0.717) is 25.1 Å². The van der Waals surface area contributed by atoms with Crippen LogP contribution in [-0.4, -0.2) is 58.0 Å². The van der Waals surface area contributed by atoms with Gasteiger partial charge in [0.25, 0.3) is 5.91 Å². The number of anilines is 2. The Hall–Kier alpha value is -3.96. The standard InChI is InChI=1S/C27H30F2N6O3/c1-14(2)33-27(38)16-3-4-17(28)24(25(16)29)20-6-5-18(30)26(34-20)23(37)11-15-12-32-9-7-21(15)35-10-8-22(36)19(31)13-35/h3-7,9,12,14,19,22,36H,8,10-11,13,30-31H2,1-2H3,(H,33,38)/t19-,22-/m1/s1. The van der Waals surface area contributed by atoms with Crippen molar-refractivity contribution in [1.29, 1.82) is 0 Å². The fraction of sp³-hybridized carbons (Fsp3) is 0.333. The molecule has 0 bridgehead atoms. The molecule has 1 amide bonds. The van der Waals surface area contributed by atoms with Gasteiger partial charge in [-0.25, -0.2) is 13.8 Å². The fourth-order valence-corrected chi connectivity index (χ4v) is 4.44. The van der Waals surface area contributed by atoms with E-state index in [9.17, 15) is 19.1 Å². The molecule has 0 unspecified atom stereocenters. The summed E-state index contributed by atoms with van der Waals surface area (Å²) in [4.78, 5) is 36.1. The Balaban J connectivity index is 1.65. The number of ketones is 1. The Kier molecular flexibility index (Phi) is 7.98. The summed E-state index contributed by atoms with van der Waals surface area (Å²) >= 11 is 0. The van der Waals surface area contributed by atoms with Gasteiger partial charge in [0.05, 0.1) is 28.6 Å². The molecule has 11 heteroatoms. The Morgan fingerprint density at radius 1 is 1.21 bits per heavy atom. The van der Waals surface area contributed by atoms with Crippen LogP contribution in [-0.2, 0) is 6.42 Å². The third kappa shape index (κ3) is 5.63. The van der Waals surface area contributed by atoms with Crippen LogP contribution < -0.4 is 21.7 Å². The third-order valence-corrected chi connectivity index (χ3v) is 6.39. The predicted octanol–water partition coefficient (Wildman–Crippen LogP) is 2.47. The number of carbonyl (C=O) groups is 2. The van der Waals surface area contributed by atoms with E-state index in [4.69, 9.17) is 11.5 Å². The molecule has 1 aromatic carbocycles. The first-order chi connectivity index (χ1) is 18.1. The van der Waals surface area contributed by atoms with E-state index >= 15 is 4.39 Å². The average molecular weight is 525 g/mol. The van der Waals surface area contributed by atoms with Crippen molar-refractivity contribution in [3.63, 3.8) is 0 Å². The number of aromatic nitrogens is 2. The van der Waals surface area contributed by atoms with Gasteiger partial charge in [-0.05, 0) is 50.6 Å². The van der Waals surface area contributed by atoms with E-state index in [0.717, 1.165) is 17.8 Å². The lowest BCUT2D eigenvalue weighted by Crippen LogP contribution is -2.51. The minimum Gasteiger partial charge on any atom is -0.397 e. The number of nitrogens with one attached hydrogen (secondary N) is 1. The minimum atomic E-state index is -1.09. The number of rotatable bonds is 7. The average Bonchev–Trinajstić information content (AvgIpc) is 2.86. The molecule has 0 radical (unpaired) electrons. The molecule has 1 aliphatic rings. The van der Waals surface area contributed by atoms with Crippen molar-refractivity contribution in [2.45, 2.75) is 44.9 Å². The number of Topliss-reactive ketones (excluding diaryl/α,β-unsaturated/α-hetero) is 1. The molecule has 2 atom stereocenters. The van der Waals surface area contributed by atoms with Crippen molar-refractivity contribution in [3.8, 4) is 11.3 Å². The minimum absolute atomic E-state index is 0.0434. The highest BCUT2D eigenvalue weighted by Crippen LogP contribution is 2.30. The second-order valence-electron chi connectivity index (χ2n) is 9.62. The second kappa shape index (κ2) is 11.2. The number of nitrogens with two attached hydrogens (primary N) is 2. The lowest BCUT2D eigenvalue weighted by atomic mass is 9.99. The molecule has 200 valence electrons. The molecule has 38 heavy (non-hydrogen) atoms. The first kappa shape index (κ1) is 27.1. The highest BCUT2D eigenvalue weighted by Gasteiger charge is 2.27. The number of amides is 1. The van der Waals surface area contributed by atoms with Gasteiger partial charge in [-0.2, -0.15) is 0 Å². The summed E-state index contributed by atoms with van der Waals surface area (Å²) in [5.74, 6) is -3.19. The molecule has 3 heterocycles. The number of hydrogen-bond donors (Lipinski definition) is 4. The summed E-state index contributed by atoms with van der Waals surface area (Å²) in [5.41, 5.74) is 12.3. The maximum absolute atomic E-state index is 15.3. The van der Waals surface area contributed by atoms with E-state index in [1.165, 1.54) is 12.1 Å². The highest BCUT2D eigenvalue weighted by molar-refractivity contribution is 6.01. The van der Waals surface area contributed by atoms with Gasteiger partial charge in [0.15, 0.2) is 5.78 Å². The van der Waals surface area contributed by atoms with Crippen molar-refractivity contribution in [1.82, 2.24) is 15.3 Å². The number of piperidine rings is 1. The van der Waals surface area contributed by atoms with E-state index in [1.54, 1.807) is 32.3 Å². The Labute approximate surface area is 218 Å². The van der Waals surface area contributed by atoms with Crippen LogP contribution in [0.15, 0.2) is 42.7 Å². The summed E-state index contributed by atoms with van der Waals surface area (Å²) in [5, 5.41) is 12.5. The number of nitrogens with zero attached hydrogens (tertiary/aromatic N) is 3. The van der Waals surface area contributed by atoms with Crippen LogP contribution in [0, 0.1) is 11.6 Å². The van der Waals surface area contributed by atoms with Crippen molar-refractivity contribution < 1.29 is 23.5 Å². The van der Waals surface area contributed by atoms with Gasteiger partial charge < -0.3 is 26.8 Å². The van der Waals surface area contributed by atoms with E-state index in [1.807, 2.05) is 4.90 Å². The van der Waals surface area contributed by atoms with E-state index in [2.05, 4.69) is 15.3 Å². The summed E-state index contributed by atoms with van der Waals surface area (Å²) in [6.07, 6.45) is 2.92. The molecule has 6 N–H and O–H groups in total. The van der Waals surface area contributed by atoms with Gasteiger partial charge in [0.2, 0.25) is 0 Å². The number of hydrogen-bond acceptors (Lipinski definition) is 8. The van der Waals surface area contributed by atoms with Crippen LogP contribution in [0.25, 0.3) is 11.3 Å². The smallest absolute Gasteiger partial charge is 0.254 e. The molecule has 2 aromatic heterocycles. The topological polar surface area (TPSA) is 147 Å². The lowest BCUT2D eigenvalue weighted by Gasteiger charge is -2.36. The number of aliphatic hydroxyl groups excluding tert-OH is 1. The van der Waals surface area contributed by atoms with E-state index < -0.39 is 41.0 Å². The zero-order valence-electron chi connectivity index (χ0n) is 21.1. The maximum Gasteiger partial charge on any atom is 0.254 e. The molecule has 1 aliphatic heterocycles. The van der Waals surface area contributed by atoms with Crippen LogP contribution in [0.4, 0.5) is 20.2 Å². The normalized spacial score (nSPS) is 17.5. The van der Waals surface area contributed by atoms with Crippen molar-refractivity contribution >= 4 is 23.1 Å². The van der Waals surface area contributed by atoms with Gasteiger partial charge in [0, 0.05) is 55.2 Å². The Morgan fingerprint density at radius 3 is 2.68 bits per heavy atom. The molecule has 9 nitrogen and oxygen atoms in total. The maximum atomic E-state index is 15.3. The molecule has 0 saturated carbocycles. The van der Waals surface area contributed by atoms with Crippen molar-refractivity contribution in [3.05, 3.63) is 71.2 Å². The monoisotopic (exact) mass is 524 g/mol. The number of pyridine rings is 2. The third-order valence-electron chi connectivity index (χ3n) is 6.39. The van der Waals surface area contributed by atoms with Crippen molar-refractivity contribution in [2.75, 3.05) is 23.7 Å². The first-order valence-corrected chi connectivity index (χ1v) is 12.3. The fourth-order valence-electron chi connectivity index (χ4n) is 4.44. The van der Waals surface area contributed by atoms with Crippen molar-refractivity contribution in [2.24, 2.45) is 5.73 Å². The number of aliphatic hydroxyl groups is 1. The second-order valence-corrected chi connectivity index (χ2v) is 9.62. The predicted molar refractivity (Wildman–Crippen MR) is 140 cm³/mol. The Morgan fingerprint density at radius 2 is 1.97 bits per heavy atom. The molecule has 1 fully saturated rings. The van der Waals surface area contributed by atoms with Gasteiger partial charge in [0.1, 0.15) is 17.3 Å². The van der Waals surface area contributed by atoms with E-state index in [-0.39, 0.29) is 35.1 Å². The zero-order chi connectivity index (χ0) is 27.6. The summed E-state index contributed by atoms with van der Waals surface area (Å²) in [6.45, 7) is 4.39. The molecule has 0 aliphatic carbocycles. The largest absolute Gasteiger partial charge is 0.397 e. The Bertz CT molecular complexity index is 1370. The summed E-state index contributed by atoms with van der Waals surface area (Å²) in [7, 11) is 0. The van der Waals surface area contributed by atoms with Gasteiger partial charge in [-0.15, -0.1) is 0 Å². The molecule has 4 rings (SSSR count). The molecular weight excluding hydrogens is 494 g/mol. The SMILES string of the molecule is CC(C)NC(=O)c1ccc(F)c(-c2ccc(N)c(C(=O)Cc3cnccc3N3CC[C@@H](O)[C@H](N)C3)n2)c1F. The van der Waals surface area contributed by atoms with Crippen LogP contribution in [0.1, 0.15) is 46.7 Å². The zero-order valence-corrected chi connectivity index (χ0v) is 21.1. The number of nitrogen functional groups attached to an aromatic ring is 1. The number of benzene rings is 1. The van der Waals surface area contributed by atoms with Crippen LogP contribution in [0.2, 0.25) is 0 Å². The number of halogens is 2. The number of carbonyl (C=O) groups excluding carboxylic acids is 2. The lowest BCUT2D eigenvalue weighted by molar-refractivity contribution is 0.0937. The molecule has 3 aromatic rings. The van der Waals surface area contributed by atoms with Crippen LogP contribution in [0.5, 0.6) is 0 Å². The van der Waals surface area contributed by atoms with Gasteiger partial charge >= 0.3 is 0 Å². The quantitative estimate of drug-likeness (QED) is 0.345. The summed E-state index contributed by atoms with van der Waals surface area (Å²) in [6, 6.07) is 5.77. The summed E-state index contributed by atoms with van der Waals surface area (Å²) < 4.78 is 30.1. The van der Waals surface area contributed by atoms with Gasteiger partial charge in [-0.3, -0.25) is 14.6 Å². The molecule has 0 spiro atoms. The first-order valence-electron chi connectivity index (χ1n) is 12.3. The van der Waals surface area contributed by atoms with Gasteiger partial charge in [-0.1, -0.05) is 0 Å². The molecule has 1 saturated heterocycles. The highest BCUT2D eigenvalue weighted by atomic mass is 19.1.